The fourth-order valence-corrected chi connectivity index (χ4v) is 1.30. The summed E-state index contributed by atoms with van der Waals surface area (Å²) in [5.74, 6) is 0.225. The van der Waals surface area contributed by atoms with Gasteiger partial charge in [-0.2, -0.15) is 0 Å². The summed E-state index contributed by atoms with van der Waals surface area (Å²) in [5, 5.41) is 1.79. The van der Waals surface area contributed by atoms with Crippen molar-refractivity contribution in [1.82, 2.24) is 5.06 Å². The van der Waals surface area contributed by atoms with Gasteiger partial charge in [-0.3, -0.25) is 4.79 Å². The second-order valence-electron chi connectivity index (χ2n) is 3.32. The van der Waals surface area contributed by atoms with Crippen LogP contribution in [0, 0.1) is 5.92 Å². The second kappa shape index (κ2) is 2.81. The molecule has 0 radical (unpaired) electrons. The van der Waals surface area contributed by atoms with Gasteiger partial charge in [-0.1, -0.05) is 0 Å². The first-order chi connectivity index (χ1) is 5.36. The summed E-state index contributed by atoms with van der Waals surface area (Å²) in [4.78, 5) is 16.2. The molecule has 2 fully saturated rings. The Morgan fingerprint density at radius 1 is 1.27 bits per heavy atom. The molecule has 0 amide bonds. The Balaban J connectivity index is 1.74. The third-order valence-corrected chi connectivity index (χ3v) is 2.19. The van der Waals surface area contributed by atoms with E-state index < -0.39 is 0 Å². The van der Waals surface area contributed by atoms with Crippen LogP contribution in [0.25, 0.3) is 0 Å². The summed E-state index contributed by atoms with van der Waals surface area (Å²) in [5.41, 5.74) is 0. The topological polar surface area (TPSA) is 29.5 Å². The van der Waals surface area contributed by atoms with Crippen molar-refractivity contribution >= 4 is 5.97 Å². The van der Waals surface area contributed by atoms with E-state index in [2.05, 4.69) is 0 Å². The number of carbonyl (C=O) groups is 1. The zero-order valence-corrected chi connectivity index (χ0v) is 6.58. The van der Waals surface area contributed by atoms with E-state index in [1.54, 1.807) is 5.06 Å². The SMILES string of the molecule is O=C(ON1CCCC1)C1CC1. The molecule has 0 unspecified atom stereocenters. The number of nitrogens with zero attached hydrogens (tertiary/aromatic N) is 1. The molecule has 0 bridgehead atoms. The Morgan fingerprint density at radius 2 is 1.91 bits per heavy atom. The lowest BCUT2D eigenvalue weighted by Gasteiger charge is -2.13. The third-order valence-electron chi connectivity index (χ3n) is 2.19. The molecule has 0 aromatic heterocycles. The molecule has 1 saturated heterocycles. The molecule has 0 aromatic carbocycles. The van der Waals surface area contributed by atoms with Crippen molar-refractivity contribution in [2.24, 2.45) is 5.92 Å². The van der Waals surface area contributed by atoms with Gasteiger partial charge in [0.25, 0.3) is 0 Å². The molecule has 0 spiro atoms. The van der Waals surface area contributed by atoms with E-state index >= 15 is 0 Å². The van der Waals surface area contributed by atoms with Crippen molar-refractivity contribution in [2.75, 3.05) is 13.1 Å². The fourth-order valence-electron chi connectivity index (χ4n) is 1.30. The van der Waals surface area contributed by atoms with Crippen LogP contribution in [-0.4, -0.2) is 24.1 Å². The van der Waals surface area contributed by atoms with Crippen LogP contribution in [0.5, 0.6) is 0 Å². The normalized spacial score (nSPS) is 25.5. The standard InChI is InChI=1S/C8H13NO2/c10-8(7-3-4-7)11-9-5-1-2-6-9/h7H,1-6H2. The molecule has 2 aliphatic rings. The molecule has 0 aromatic rings. The molecular weight excluding hydrogens is 142 g/mol. The van der Waals surface area contributed by atoms with Crippen molar-refractivity contribution in [1.29, 1.82) is 0 Å². The van der Waals surface area contributed by atoms with E-state index in [1.165, 1.54) is 0 Å². The molecule has 0 atom stereocenters. The number of carbonyl (C=O) groups excluding carboxylic acids is 1. The Hall–Kier alpha value is -0.570. The van der Waals surface area contributed by atoms with Gasteiger partial charge in [0.1, 0.15) is 0 Å². The van der Waals surface area contributed by atoms with Gasteiger partial charge in [0.2, 0.25) is 0 Å². The zero-order chi connectivity index (χ0) is 7.68. The highest BCUT2D eigenvalue weighted by Gasteiger charge is 2.33. The zero-order valence-electron chi connectivity index (χ0n) is 6.58. The van der Waals surface area contributed by atoms with Crippen LogP contribution in [0.15, 0.2) is 0 Å². The predicted molar refractivity (Wildman–Crippen MR) is 39.6 cm³/mol. The molecule has 1 saturated carbocycles. The Kier molecular flexibility index (Phi) is 1.82. The molecule has 1 aliphatic carbocycles. The summed E-state index contributed by atoms with van der Waals surface area (Å²) in [6.07, 6.45) is 4.40. The summed E-state index contributed by atoms with van der Waals surface area (Å²) >= 11 is 0. The lowest BCUT2D eigenvalue weighted by atomic mass is 10.4. The Morgan fingerprint density at radius 3 is 2.45 bits per heavy atom. The Bertz CT molecular complexity index is 159. The van der Waals surface area contributed by atoms with Crippen LogP contribution in [0.3, 0.4) is 0 Å². The highest BCUT2D eigenvalue weighted by molar-refractivity contribution is 5.74. The molecule has 3 nitrogen and oxygen atoms in total. The van der Waals surface area contributed by atoms with Crippen molar-refractivity contribution in [3.63, 3.8) is 0 Å². The predicted octanol–water partition coefficient (Wildman–Crippen LogP) is 0.950. The molecular formula is C8H13NO2. The van der Waals surface area contributed by atoms with Crippen molar-refractivity contribution in [3.05, 3.63) is 0 Å². The maximum atomic E-state index is 11.1. The maximum absolute atomic E-state index is 11.1. The van der Waals surface area contributed by atoms with E-state index in [0.29, 0.717) is 0 Å². The smallest absolute Gasteiger partial charge is 0.328 e. The highest BCUT2D eigenvalue weighted by atomic mass is 16.7. The van der Waals surface area contributed by atoms with E-state index in [0.717, 1.165) is 38.8 Å². The summed E-state index contributed by atoms with van der Waals surface area (Å²) in [6, 6.07) is 0. The average molecular weight is 155 g/mol. The number of hydrogen-bond donors (Lipinski definition) is 0. The monoisotopic (exact) mass is 155 g/mol. The molecule has 3 heteroatoms. The minimum absolute atomic E-state index is 0.00750. The fraction of sp³-hybridized carbons (Fsp3) is 0.875. The summed E-state index contributed by atoms with van der Waals surface area (Å²) < 4.78 is 0. The van der Waals surface area contributed by atoms with Crippen LogP contribution >= 0.6 is 0 Å². The van der Waals surface area contributed by atoms with E-state index in [-0.39, 0.29) is 11.9 Å². The summed E-state index contributed by atoms with van der Waals surface area (Å²) in [7, 11) is 0. The first-order valence-corrected chi connectivity index (χ1v) is 4.33. The van der Waals surface area contributed by atoms with Crippen LogP contribution in [0.4, 0.5) is 0 Å². The molecule has 0 N–H and O–H groups in total. The second-order valence-corrected chi connectivity index (χ2v) is 3.32. The first-order valence-electron chi connectivity index (χ1n) is 4.33. The van der Waals surface area contributed by atoms with E-state index in [1.807, 2.05) is 0 Å². The molecule has 1 aliphatic heterocycles. The number of rotatable bonds is 2. The number of hydroxylamine groups is 2. The minimum Gasteiger partial charge on any atom is -0.368 e. The Labute approximate surface area is 66.3 Å². The van der Waals surface area contributed by atoms with Gasteiger partial charge in [-0.15, -0.1) is 5.06 Å². The first kappa shape index (κ1) is 7.10. The van der Waals surface area contributed by atoms with Crippen LogP contribution in [-0.2, 0) is 9.63 Å². The van der Waals surface area contributed by atoms with Crippen molar-refractivity contribution in [2.45, 2.75) is 25.7 Å². The third kappa shape index (κ3) is 1.71. The largest absolute Gasteiger partial charge is 0.368 e. The average Bonchev–Trinajstić information content (AvgIpc) is 2.73. The molecule has 1 heterocycles. The van der Waals surface area contributed by atoms with Gasteiger partial charge >= 0.3 is 5.97 Å². The van der Waals surface area contributed by atoms with Gasteiger partial charge < -0.3 is 4.84 Å². The quantitative estimate of drug-likeness (QED) is 0.594. The molecule has 11 heavy (non-hydrogen) atoms. The number of hydrogen-bond acceptors (Lipinski definition) is 3. The van der Waals surface area contributed by atoms with Gasteiger partial charge in [0.15, 0.2) is 0 Å². The van der Waals surface area contributed by atoms with Crippen LogP contribution in [0.2, 0.25) is 0 Å². The maximum Gasteiger partial charge on any atom is 0.328 e. The lowest BCUT2D eigenvalue weighted by Crippen LogP contribution is -2.24. The van der Waals surface area contributed by atoms with Crippen LogP contribution < -0.4 is 0 Å². The molecule has 2 rings (SSSR count). The lowest BCUT2D eigenvalue weighted by molar-refractivity contribution is -0.186. The van der Waals surface area contributed by atoms with Gasteiger partial charge in [-0.25, -0.2) is 0 Å². The van der Waals surface area contributed by atoms with Gasteiger partial charge in [0.05, 0.1) is 5.92 Å². The molecule has 62 valence electrons. The van der Waals surface area contributed by atoms with Crippen LogP contribution in [0.1, 0.15) is 25.7 Å². The van der Waals surface area contributed by atoms with Crippen molar-refractivity contribution in [3.8, 4) is 0 Å². The van der Waals surface area contributed by atoms with E-state index in [4.69, 9.17) is 4.84 Å². The highest BCUT2D eigenvalue weighted by Crippen LogP contribution is 2.30. The minimum atomic E-state index is -0.00750. The van der Waals surface area contributed by atoms with E-state index in [9.17, 15) is 4.79 Å². The van der Waals surface area contributed by atoms with Gasteiger partial charge in [0, 0.05) is 13.1 Å². The van der Waals surface area contributed by atoms with Crippen molar-refractivity contribution < 1.29 is 9.63 Å². The summed E-state index contributed by atoms with van der Waals surface area (Å²) in [6.45, 7) is 1.86. The van der Waals surface area contributed by atoms with Gasteiger partial charge in [-0.05, 0) is 25.7 Å².